The van der Waals surface area contributed by atoms with E-state index >= 15 is 0 Å². The van der Waals surface area contributed by atoms with E-state index < -0.39 is 12.7 Å². The van der Waals surface area contributed by atoms with E-state index in [1.54, 1.807) is 6.92 Å². The van der Waals surface area contributed by atoms with Crippen molar-refractivity contribution in [1.29, 1.82) is 0 Å². The summed E-state index contributed by atoms with van der Waals surface area (Å²) in [5.74, 6) is 1.08. The summed E-state index contributed by atoms with van der Waals surface area (Å²) in [5.41, 5.74) is 0. The third-order valence-electron chi connectivity index (χ3n) is 3.26. The summed E-state index contributed by atoms with van der Waals surface area (Å²) in [6, 6.07) is -0.0609. The highest BCUT2D eigenvalue weighted by Gasteiger charge is 2.33. The second-order valence-electron chi connectivity index (χ2n) is 4.78. The molecular weight excluding hydrogens is 261 g/mol. The van der Waals surface area contributed by atoms with E-state index in [1.165, 1.54) is 4.90 Å². The Labute approximate surface area is 109 Å². The van der Waals surface area contributed by atoms with E-state index in [2.05, 4.69) is 15.0 Å². The van der Waals surface area contributed by atoms with Gasteiger partial charge in [-0.25, -0.2) is 0 Å². The Hall–Kier alpha value is -1.15. The SMILES string of the molecule is Cc1noc([C@@H](C)N2CCN(CC(F)(F)F)CC2)n1. The summed E-state index contributed by atoms with van der Waals surface area (Å²) in [5, 5.41) is 3.72. The number of hydrogen-bond acceptors (Lipinski definition) is 5. The van der Waals surface area contributed by atoms with Crippen LogP contribution in [0.5, 0.6) is 0 Å². The fourth-order valence-electron chi connectivity index (χ4n) is 2.20. The van der Waals surface area contributed by atoms with Crippen molar-refractivity contribution in [2.24, 2.45) is 0 Å². The van der Waals surface area contributed by atoms with Crippen molar-refractivity contribution < 1.29 is 17.7 Å². The van der Waals surface area contributed by atoms with Gasteiger partial charge in [0, 0.05) is 26.2 Å². The first-order valence-electron chi connectivity index (χ1n) is 6.18. The molecule has 1 aromatic heterocycles. The fourth-order valence-corrected chi connectivity index (χ4v) is 2.20. The molecule has 0 radical (unpaired) electrons. The molecule has 1 atom stereocenters. The summed E-state index contributed by atoms with van der Waals surface area (Å²) in [7, 11) is 0. The Kier molecular flexibility index (Phi) is 4.10. The van der Waals surface area contributed by atoms with Crippen LogP contribution in [-0.2, 0) is 0 Å². The average Bonchev–Trinajstić information content (AvgIpc) is 2.74. The molecule has 108 valence electrons. The molecule has 0 unspecified atom stereocenters. The van der Waals surface area contributed by atoms with Gasteiger partial charge in [0.25, 0.3) is 0 Å². The first-order chi connectivity index (χ1) is 8.85. The summed E-state index contributed by atoms with van der Waals surface area (Å²) in [4.78, 5) is 7.63. The van der Waals surface area contributed by atoms with Crippen molar-refractivity contribution in [3.8, 4) is 0 Å². The van der Waals surface area contributed by atoms with Crippen molar-refractivity contribution in [3.05, 3.63) is 11.7 Å². The molecule has 1 saturated heterocycles. The Morgan fingerprint density at radius 3 is 2.37 bits per heavy atom. The number of alkyl halides is 3. The molecule has 8 heteroatoms. The van der Waals surface area contributed by atoms with E-state index in [4.69, 9.17) is 4.52 Å². The normalized spacial score (nSPS) is 20.7. The molecule has 2 rings (SSSR count). The van der Waals surface area contributed by atoms with Crippen molar-refractivity contribution in [2.75, 3.05) is 32.7 Å². The van der Waals surface area contributed by atoms with E-state index in [9.17, 15) is 13.2 Å². The van der Waals surface area contributed by atoms with Gasteiger partial charge in [-0.1, -0.05) is 5.16 Å². The number of aryl methyl sites for hydroxylation is 1. The highest BCUT2D eigenvalue weighted by Crippen LogP contribution is 2.22. The minimum Gasteiger partial charge on any atom is -0.338 e. The van der Waals surface area contributed by atoms with Crippen LogP contribution in [0.1, 0.15) is 24.7 Å². The smallest absolute Gasteiger partial charge is 0.338 e. The van der Waals surface area contributed by atoms with Gasteiger partial charge in [0.05, 0.1) is 12.6 Å². The van der Waals surface area contributed by atoms with Gasteiger partial charge >= 0.3 is 6.18 Å². The second-order valence-corrected chi connectivity index (χ2v) is 4.78. The maximum atomic E-state index is 12.3. The number of halogens is 3. The molecule has 0 saturated carbocycles. The third-order valence-corrected chi connectivity index (χ3v) is 3.26. The molecule has 5 nitrogen and oxygen atoms in total. The molecule has 1 aromatic rings. The standard InChI is InChI=1S/C11H17F3N4O/c1-8(10-15-9(2)16-19-10)18-5-3-17(4-6-18)7-11(12,13)14/h8H,3-7H2,1-2H3/t8-/m1/s1. The molecule has 1 aliphatic heterocycles. The molecule has 0 N–H and O–H groups in total. The first kappa shape index (κ1) is 14.3. The highest BCUT2D eigenvalue weighted by atomic mass is 19.4. The van der Waals surface area contributed by atoms with Crippen LogP contribution in [-0.4, -0.2) is 58.8 Å². The van der Waals surface area contributed by atoms with Crippen LogP contribution in [0.4, 0.5) is 13.2 Å². The zero-order valence-corrected chi connectivity index (χ0v) is 10.9. The van der Waals surface area contributed by atoms with Crippen molar-refractivity contribution >= 4 is 0 Å². The Balaban J connectivity index is 1.86. The molecule has 19 heavy (non-hydrogen) atoms. The van der Waals surface area contributed by atoms with Gasteiger partial charge < -0.3 is 4.52 Å². The lowest BCUT2D eigenvalue weighted by molar-refractivity contribution is -0.149. The monoisotopic (exact) mass is 278 g/mol. The van der Waals surface area contributed by atoms with Gasteiger partial charge in [-0.3, -0.25) is 9.80 Å². The highest BCUT2D eigenvalue weighted by molar-refractivity contribution is 4.92. The molecule has 0 bridgehead atoms. The zero-order valence-electron chi connectivity index (χ0n) is 10.9. The topological polar surface area (TPSA) is 45.4 Å². The number of hydrogen-bond donors (Lipinski definition) is 0. The lowest BCUT2D eigenvalue weighted by atomic mass is 10.2. The summed E-state index contributed by atoms with van der Waals surface area (Å²) >= 11 is 0. The third kappa shape index (κ3) is 3.90. The largest absolute Gasteiger partial charge is 0.401 e. The molecular formula is C11H17F3N4O. The first-order valence-corrected chi connectivity index (χ1v) is 6.18. The molecule has 2 heterocycles. The van der Waals surface area contributed by atoms with E-state index in [1.807, 2.05) is 6.92 Å². The molecule has 0 aromatic carbocycles. The maximum absolute atomic E-state index is 12.3. The van der Waals surface area contributed by atoms with Gasteiger partial charge in [0.1, 0.15) is 0 Å². The number of piperazine rings is 1. The van der Waals surface area contributed by atoms with Gasteiger partial charge in [0.2, 0.25) is 5.89 Å². The predicted molar refractivity (Wildman–Crippen MR) is 61.5 cm³/mol. The van der Waals surface area contributed by atoms with Crippen LogP contribution in [0.3, 0.4) is 0 Å². The summed E-state index contributed by atoms with van der Waals surface area (Å²) in [6.07, 6.45) is -4.13. The Bertz CT molecular complexity index is 412. The molecule has 1 aliphatic rings. The Morgan fingerprint density at radius 2 is 1.89 bits per heavy atom. The minimum atomic E-state index is -4.13. The van der Waals surface area contributed by atoms with Crippen LogP contribution in [0.25, 0.3) is 0 Å². The van der Waals surface area contributed by atoms with Gasteiger partial charge in [0.15, 0.2) is 5.82 Å². The molecule has 1 fully saturated rings. The number of rotatable bonds is 3. The maximum Gasteiger partial charge on any atom is 0.401 e. The molecule has 0 spiro atoms. The van der Waals surface area contributed by atoms with Crippen molar-refractivity contribution in [3.63, 3.8) is 0 Å². The average molecular weight is 278 g/mol. The van der Waals surface area contributed by atoms with Crippen LogP contribution in [0, 0.1) is 6.92 Å². The Morgan fingerprint density at radius 1 is 1.26 bits per heavy atom. The van der Waals surface area contributed by atoms with Crippen molar-refractivity contribution in [2.45, 2.75) is 26.1 Å². The zero-order chi connectivity index (χ0) is 14.0. The van der Waals surface area contributed by atoms with Crippen LogP contribution >= 0.6 is 0 Å². The van der Waals surface area contributed by atoms with Gasteiger partial charge in [-0.05, 0) is 13.8 Å². The number of aromatic nitrogens is 2. The van der Waals surface area contributed by atoms with Crippen LogP contribution < -0.4 is 0 Å². The fraction of sp³-hybridized carbons (Fsp3) is 0.818. The molecule has 0 amide bonds. The van der Waals surface area contributed by atoms with Crippen LogP contribution in [0.2, 0.25) is 0 Å². The summed E-state index contributed by atoms with van der Waals surface area (Å²) < 4.78 is 41.9. The predicted octanol–water partition coefficient (Wildman–Crippen LogP) is 1.62. The van der Waals surface area contributed by atoms with Gasteiger partial charge in [-0.2, -0.15) is 18.2 Å². The van der Waals surface area contributed by atoms with E-state index in [-0.39, 0.29) is 6.04 Å². The lowest BCUT2D eigenvalue weighted by Crippen LogP contribution is -2.49. The van der Waals surface area contributed by atoms with Crippen molar-refractivity contribution in [1.82, 2.24) is 19.9 Å². The summed E-state index contributed by atoms with van der Waals surface area (Å²) in [6.45, 7) is 4.76. The van der Waals surface area contributed by atoms with E-state index in [0.29, 0.717) is 37.9 Å². The number of nitrogens with zero attached hydrogens (tertiary/aromatic N) is 4. The molecule has 0 aliphatic carbocycles. The second kappa shape index (κ2) is 5.46. The van der Waals surface area contributed by atoms with Crippen LogP contribution in [0.15, 0.2) is 4.52 Å². The van der Waals surface area contributed by atoms with Gasteiger partial charge in [-0.15, -0.1) is 0 Å². The van der Waals surface area contributed by atoms with E-state index in [0.717, 1.165) is 0 Å². The lowest BCUT2D eigenvalue weighted by Gasteiger charge is -2.36. The minimum absolute atomic E-state index is 0.0609. The quantitative estimate of drug-likeness (QED) is 0.840.